The molecule has 0 saturated carbocycles. The molecule has 1 atom stereocenters. The molecule has 12 nitrogen and oxygen atoms in total. The van der Waals surface area contributed by atoms with Crippen molar-refractivity contribution in [3.63, 3.8) is 0 Å². The lowest BCUT2D eigenvalue weighted by Gasteiger charge is -2.30. The molecule has 0 radical (unpaired) electrons. The molecule has 3 amide bonds. The fourth-order valence-electron chi connectivity index (χ4n) is 5.60. The molecule has 2 heterocycles. The number of hydrogen-bond donors (Lipinski definition) is 1. The summed E-state index contributed by atoms with van der Waals surface area (Å²) in [6.45, 7) is 14.0. The monoisotopic (exact) mass is 704 g/mol. The molecule has 13 heteroatoms. The van der Waals surface area contributed by atoms with Crippen LogP contribution in [-0.2, 0) is 9.47 Å². The molecule has 1 N–H and O–H groups in total. The number of ether oxygens (including phenoxy) is 3. The Labute approximate surface area is 298 Å². The number of carbonyl (C=O) groups excluding carboxylic acids is 4. The number of halogens is 1. The van der Waals surface area contributed by atoms with E-state index in [-0.39, 0.29) is 28.6 Å². The largest absolute Gasteiger partial charge is 0.596 e. The van der Waals surface area contributed by atoms with E-state index in [1.54, 1.807) is 63.7 Å². The van der Waals surface area contributed by atoms with E-state index >= 15 is 0 Å². The molecule has 0 spiro atoms. The molecular formula is C38H47FN5O7+. The molecule has 4 rings (SSSR count). The highest BCUT2D eigenvalue weighted by molar-refractivity contribution is 6.07. The molecule has 1 aliphatic rings. The summed E-state index contributed by atoms with van der Waals surface area (Å²) in [6, 6.07) is 9.46. The summed E-state index contributed by atoms with van der Waals surface area (Å²) in [5.41, 5.74) is 2.79. The van der Waals surface area contributed by atoms with E-state index in [4.69, 9.17) is 14.2 Å². The van der Waals surface area contributed by atoms with Gasteiger partial charge in [-0.3, -0.25) is 14.5 Å². The lowest BCUT2D eigenvalue weighted by Crippen LogP contribution is -2.48. The molecule has 0 unspecified atom stereocenters. The summed E-state index contributed by atoms with van der Waals surface area (Å²) in [5, 5.41) is 2.77. The first-order valence-corrected chi connectivity index (χ1v) is 16.6. The summed E-state index contributed by atoms with van der Waals surface area (Å²) in [5.74, 6) is -1.48. The molecule has 51 heavy (non-hydrogen) atoms. The molecular weight excluding hydrogens is 657 g/mol. The Bertz CT molecular complexity index is 1880. The number of rotatable bonds is 9. The summed E-state index contributed by atoms with van der Waals surface area (Å²) in [7, 11) is 4.50. The highest BCUT2D eigenvalue weighted by Gasteiger charge is 2.34. The Kier molecular flexibility index (Phi) is 12.0. The minimum absolute atomic E-state index is 0.0000644. The predicted molar refractivity (Wildman–Crippen MR) is 190 cm³/mol. The Morgan fingerprint density at radius 1 is 1.00 bits per heavy atom. The smallest absolute Gasteiger partial charge is 0.483 e. The van der Waals surface area contributed by atoms with Gasteiger partial charge in [0.05, 0.1) is 25.8 Å². The van der Waals surface area contributed by atoms with E-state index in [0.717, 1.165) is 5.71 Å². The molecule has 2 aromatic carbocycles. The maximum atomic E-state index is 14.9. The van der Waals surface area contributed by atoms with Gasteiger partial charge in [-0.25, -0.2) is 14.2 Å². The maximum Gasteiger partial charge on any atom is 0.596 e. The molecule has 0 fully saturated rings. The van der Waals surface area contributed by atoms with Crippen molar-refractivity contribution in [2.75, 3.05) is 52.7 Å². The number of anilines is 1. The molecule has 3 aromatic rings. The van der Waals surface area contributed by atoms with Crippen LogP contribution in [0.2, 0.25) is 0 Å². The lowest BCUT2D eigenvalue weighted by molar-refractivity contribution is -0.458. The molecule has 1 aromatic heterocycles. The van der Waals surface area contributed by atoms with Crippen LogP contribution in [0.3, 0.4) is 0 Å². The second kappa shape index (κ2) is 15.8. The van der Waals surface area contributed by atoms with E-state index in [1.807, 2.05) is 27.7 Å². The van der Waals surface area contributed by atoms with Crippen LogP contribution < -0.4 is 10.1 Å². The Morgan fingerprint density at radius 3 is 2.29 bits per heavy atom. The van der Waals surface area contributed by atoms with Crippen molar-refractivity contribution in [3.05, 3.63) is 87.4 Å². The highest BCUT2D eigenvalue weighted by Crippen LogP contribution is 2.31. The predicted octanol–water partition coefficient (Wildman–Crippen LogP) is 5.73. The van der Waals surface area contributed by atoms with Crippen LogP contribution in [0.1, 0.15) is 87.1 Å². The van der Waals surface area contributed by atoms with Crippen molar-refractivity contribution in [3.8, 4) is 5.75 Å². The number of carbonyl (C=O) groups is 4. The summed E-state index contributed by atoms with van der Waals surface area (Å²) in [6.07, 6.45) is 0.218. The fraction of sp³-hybridized carbons (Fsp3) is 0.421. The molecule has 1 aliphatic heterocycles. The van der Waals surface area contributed by atoms with Crippen LogP contribution in [0.4, 0.5) is 15.0 Å². The second-order valence-electron chi connectivity index (χ2n) is 13.9. The SMILES string of the molecule is COC(=O)c1cc(C(=O)Nc2ncc(C(=O)N(C)C)cc2C)c(C)cc1O[C@H](CN1CC[N+](C(=O)OC(C)(C)C)=C(C)C1)c1ccc(C)c(F)c1. The van der Waals surface area contributed by atoms with Crippen LogP contribution in [0.25, 0.3) is 0 Å². The van der Waals surface area contributed by atoms with Crippen molar-refractivity contribution in [2.45, 2.75) is 60.2 Å². The first kappa shape index (κ1) is 38.6. The number of nitrogens with zero attached hydrogens (tertiary/aromatic N) is 4. The first-order valence-electron chi connectivity index (χ1n) is 16.6. The zero-order valence-electron chi connectivity index (χ0n) is 31.0. The van der Waals surface area contributed by atoms with Gasteiger partial charge in [0, 0.05) is 39.3 Å². The number of nitrogens with one attached hydrogen (secondary N) is 1. The fourth-order valence-corrected chi connectivity index (χ4v) is 5.60. The maximum absolute atomic E-state index is 14.9. The van der Waals surface area contributed by atoms with Crippen molar-refractivity contribution in [1.29, 1.82) is 0 Å². The molecule has 0 aliphatic carbocycles. The van der Waals surface area contributed by atoms with Gasteiger partial charge in [-0.1, -0.05) is 12.1 Å². The van der Waals surface area contributed by atoms with Gasteiger partial charge in [-0.2, -0.15) is 4.79 Å². The van der Waals surface area contributed by atoms with Crippen LogP contribution in [-0.4, -0.2) is 102 Å². The molecule has 0 bridgehead atoms. The van der Waals surface area contributed by atoms with Crippen LogP contribution >= 0.6 is 0 Å². The van der Waals surface area contributed by atoms with Gasteiger partial charge < -0.3 is 24.4 Å². The van der Waals surface area contributed by atoms with Crippen LogP contribution in [0, 0.1) is 26.6 Å². The van der Waals surface area contributed by atoms with Gasteiger partial charge >= 0.3 is 12.1 Å². The Hall–Kier alpha value is -5.17. The number of methoxy groups -OCH3 is 1. The van der Waals surface area contributed by atoms with Gasteiger partial charge in [0.2, 0.25) is 0 Å². The number of benzene rings is 2. The Balaban J connectivity index is 1.65. The third-order valence-electron chi connectivity index (χ3n) is 8.37. The van der Waals surface area contributed by atoms with Gasteiger partial charge in [0.15, 0.2) is 12.3 Å². The van der Waals surface area contributed by atoms with Crippen molar-refractivity contribution >= 4 is 35.4 Å². The number of hydrogen-bond acceptors (Lipinski definition) is 9. The molecule has 0 saturated heterocycles. The zero-order valence-corrected chi connectivity index (χ0v) is 31.0. The average Bonchev–Trinajstić information content (AvgIpc) is 3.05. The number of pyridine rings is 1. The lowest BCUT2D eigenvalue weighted by atomic mass is 10.0. The van der Waals surface area contributed by atoms with E-state index < -0.39 is 35.5 Å². The van der Waals surface area contributed by atoms with Crippen LogP contribution in [0.5, 0.6) is 5.75 Å². The topological polar surface area (TPSA) is 130 Å². The average molecular weight is 705 g/mol. The summed E-state index contributed by atoms with van der Waals surface area (Å²) in [4.78, 5) is 59.6. The van der Waals surface area contributed by atoms with E-state index in [2.05, 4.69) is 15.2 Å². The van der Waals surface area contributed by atoms with Crippen molar-refractivity contribution < 1.29 is 42.4 Å². The number of esters is 1. The quantitative estimate of drug-likeness (QED) is 0.219. The van der Waals surface area contributed by atoms with Gasteiger partial charge in [0.1, 0.15) is 34.7 Å². The van der Waals surface area contributed by atoms with Crippen molar-refractivity contribution in [1.82, 2.24) is 14.8 Å². The van der Waals surface area contributed by atoms with Gasteiger partial charge in [-0.15, -0.1) is 4.58 Å². The number of aromatic nitrogens is 1. The van der Waals surface area contributed by atoms with E-state index in [1.165, 1.54) is 30.3 Å². The second-order valence-corrected chi connectivity index (χ2v) is 13.9. The Morgan fingerprint density at radius 2 is 1.71 bits per heavy atom. The van der Waals surface area contributed by atoms with E-state index in [9.17, 15) is 23.6 Å². The minimum atomic E-state index is -0.751. The van der Waals surface area contributed by atoms with Crippen LogP contribution in [0.15, 0.2) is 42.6 Å². The van der Waals surface area contributed by atoms with E-state index in [0.29, 0.717) is 54.0 Å². The highest BCUT2D eigenvalue weighted by atomic mass is 19.1. The number of aryl methyl sites for hydroxylation is 3. The third kappa shape index (κ3) is 9.54. The standard InChI is InChI=1S/C38H46FN5O7/c1-22-11-12-26(17-30(22)39)32(21-43-13-14-44(25(4)20-43)37(48)51-38(5,6)7)50-31-16-23(2)28(18-29(31)36(47)49-10)34(45)41-33-24(3)15-27(19-40-33)35(46)42(8)9/h11-12,15-19,32H,13-14,20-21H2,1-10H3/p+1/t32-/m1/s1. The zero-order chi connectivity index (χ0) is 37.8. The summed E-state index contributed by atoms with van der Waals surface area (Å²) >= 11 is 0. The molecule has 272 valence electrons. The third-order valence-corrected chi connectivity index (χ3v) is 8.37. The number of amides is 3. The summed E-state index contributed by atoms with van der Waals surface area (Å²) < 4.78 is 33.7. The normalized spacial score (nSPS) is 14.1. The first-order chi connectivity index (χ1) is 23.9. The van der Waals surface area contributed by atoms with Crippen molar-refractivity contribution in [2.24, 2.45) is 0 Å². The van der Waals surface area contributed by atoms with Gasteiger partial charge in [0.25, 0.3) is 11.8 Å². The van der Waals surface area contributed by atoms with Gasteiger partial charge in [-0.05, 0) is 88.1 Å². The minimum Gasteiger partial charge on any atom is -0.483 e.